The lowest BCUT2D eigenvalue weighted by Gasteiger charge is -2.31. The van der Waals surface area contributed by atoms with Crippen molar-refractivity contribution in [2.45, 2.75) is 23.8 Å². The second-order valence-electron chi connectivity index (χ2n) is 5.80. The fourth-order valence-corrected chi connectivity index (χ4v) is 3.83. The van der Waals surface area contributed by atoms with Crippen LogP contribution in [-0.4, -0.2) is 45.2 Å². The summed E-state index contributed by atoms with van der Waals surface area (Å²) < 4.78 is 37.0. The Labute approximate surface area is 118 Å². The molecule has 4 nitrogen and oxygen atoms in total. The van der Waals surface area contributed by atoms with Crippen molar-refractivity contribution in [3.05, 3.63) is 24.0 Å². The summed E-state index contributed by atoms with van der Waals surface area (Å²) in [7, 11) is -3.31. The standard InChI is InChI=1S/C14H19FN2O2S/c1-20(18,19)11-2-3-12(15)14(8-11)16-13-5-7-17-6-4-10(13)9-17/h2-3,8,10,13,16H,4-7,9H2,1H3. The Hall–Kier alpha value is -1.14. The number of benzene rings is 1. The van der Waals surface area contributed by atoms with E-state index in [0.717, 1.165) is 38.7 Å². The molecule has 2 aliphatic heterocycles. The zero-order chi connectivity index (χ0) is 14.3. The Morgan fingerprint density at radius 1 is 1.30 bits per heavy atom. The molecule has 0 amide bonds. The van der Waals surface area contributed by atoms with E-state index in [1.165, 1.54) is 18.2 Å². The predicted molar refractivity (Wildman–Crippen MR) is 76.1 cm³/mol. The van der Waals surface area contributed by atoms with E-state index in [-0.39, 0.29) is 10.9 Å². The highest BCUT2D eigenvalue weighted by atomic mass is 32.2. The summed E-state index contributed by atoms with van der Waals surface area (Å²) in [4.78, 5) is 2.58. The monoisotopic (exact) mass is 298 g/mol. The van der Waals surface area contributed by atoms with E-state index < -0.39 is 15.7 Å². The average Bonchev–Trinajstić information content (AvgIpc) is 2.77. The normalized spacial score (nSPS) is 29.4. The Morgan fingerprint density at radius 2 is 2.05 bits per heavy atom. The van der Waals surface area contributed by atoms with Crippen molar-refractivity contribution in [3.63, 3.8) is 0 Å². The molecule has 1 aromatic carbocycles. The minimum Gasteiger partial charge on any atom is -0.380 e. The van der Waals surface area contributed by atoms with Gasteiger partial charge >= 0.3 is 0 Å². The first-order valence-electron chi connectivity index (χ1n) is 6.92. The number of fused-ring (bicyclic) bond motifs is 2. The van der Waals surface area contributed by atoms with Gasteiger partial charge < -0.3 is 10.2 Å². The molecule has 110 valence electrons. The quantitative estimate of drug-likeness (QED) is 0.864. The number of anilines is 1. The molecule has 1 N–H and O–H groups in total. The lowest BCUT2D eigenvalue weighted by Crippen LogP contribution is -2.39. The molecule has 3 atom stereocenters. The van der Waals surface area contributed by atoms with Gasteiger partial charge in [0.05, 0.1) is 10.6 Å². The van der Waals surface area contributed by atoms with Gasteiger partial charge in [-0.05, 0) is 43.5 Å². The molecule has 2 bridgehead atoms. The minimum atomic E-state index is -3.31. The van der Waals surface area contributed by atoms with Gasteiger partial charge in [0.15, 0.2) is 9.84 Å². The molecule has 0 saturated carbocycles. The summed E-state index contributed by atoms with van der Waals surface area (Å²) in [5.74, 6) is 0.142. The summed E-state index contributed by atoms with van der Waals surface area (Å²) in [6, 6.07) is 4.18. The lowest BCUT2D eigenvalue weighted by atomic mass is 9.94. The molecule has 0 aromatic heterocycles. The van der Waals surface area contributed by atoms with Crippen LogP contribution >= 0.6 is 0 Å². The van der Waals surface area contributed by atoms with Gasteiger partial charge in [-0.1, -0.05) is 0 Å². The average molecular weight is 298 g/mol. The molecule has 2 fully saturated rings. The topological polar surface area (TPSA) is 49.4 Å². The third-order valence-electron chi connectivity index (χ3n) is 4.34. The number of halogens is 1. The molecule has 3 unspecified atom stereocenters. The van der Waals surface area contributed by atoms with Crippen LogP contribution in [0.1, 0.15) is 12.8 Å². The van der Waals surface area contributed by atoms with Gasteiger partial charge in [0, 0.05) is 25.4 Å². The van der Waals surface area contributed by atoms with E-state index in [1.54, 1.807) is 0 Å². The van der Waals surface area contributed by atoms with Crippen LogP contribution in [0.25, 0.3) is 0 Å². The summed E-state index contributed by atoms with van der Waals surface area (Å²) in [5, 5.41) is 3.22. The Balaban J connectivity index is 1.83. The summed E-state index contributed by atoms with van der Waals surface area (Å²) in [6.45, 7) is 3.21. The Kier molecular flexibility index (Phi) is 3.46. The molecule has 0 aliphatic carbocycles. The van der Waals surface area contributed by atoms with Crippen LogP contribution in [-0.2, 0) is 9.84 Å². The van der Waals surface area contributed by atoms with E-state index in [1.807, 2.05) is 0 Å². The van der Waals surface area contributed by atoms with Gasteiger partial charge in [0.2, 0.25) is 0 Å². The maximum Gasteiger partial charge on any atom is 0.175 e. The van der Waals surface area contributed by atoms with E-state index >= 15 is 0 Å². The highest BCUT2D eigenvalue weighted by Crippen LogP contribution is 2.30. The summed E-state index contributed by atoms with van der Waals surface area (Å²) >= 11 is 0. The molecular formula is C14H19FN2O2S. The third kappa shape index (κ3) is 2.67. The van der Waals surface area contributed by atoms with Crippen LogP contribution in [0, 0.1) is 11.7 Å². The smallest absolute Gasteiger partial charge is 0.175 e. The zero-order valence-corrected chi connectivity index (χ0v) is 12.3. The first kappa shape index (κ1) is 13.8. The first-order valence-corrected chi connectivity index (χ1v) is 8.81. The predicted octanol–water partition coefficient (Wildman–Crippen LogP) is 1.74. The van der Waals surface area contributed by atoms with Crippen molar-refractivity contribution in [2.75, 3.05) is 31.2 Å². The van der Waals surface area contributed by atoms with Crippen LogP contribution in [0.5, 0.6) is 0 Å². The largest absolute Gasteiger partial charge is 0.380 e. The fourth-order valence-electron chi connectivity index (χ4n) is 3.19. The minimum absolute atomic E-state index is 0.158. The van der Waals surface area contributed by atoms with Crippen LogP contribution in [0.2, 0.25) is 0 Å². The zero-order valence-electron chi connectivity index (χ0n) is 11.5. The molecule has 0 radical (unpaired) electrons. The van der Waals surface area contributed by atoms with Crippen LogP contribution in [0.3, 0.4) is 0 Å². The maximum atomic E-state index is 13.9. The van der Waals surface area contributed by atoms with Crippen molar-refractivity contribution >= 4 is 15.5 Å². The summed E-state index contributed by atoms with van der Waals surface area (Å²) in [5.41, 5.74) is 0.304. The van der Waals surface area contributed by atoms with Gasteiger partial charge in [-0.2, -0.15) is 0 Å². The maximum absolute atomic E-state index is 13.9. The van der Waals surface area contributed by atoms with E-state index in [9.17, 15) is 12.8 Å². The summed E-state index contributed by atoms with van der Waals surface area (Å²) in [6.07, 6.45) is 3.25. The van der Waals surface area contributed by atoms with Crippen molar-refractivity contribution in [2.24, 2.45) is 5.92 Å². The van der Waals surface area contributed by atoms with E-state index in [2.05, 4.69) is 10.2 Å². The molecule has 20 heavy (non-hydrogen) atoms. The highest BCUT2D eigenvalue weighted by molar-refractivity contribution is 7.90. The fraction of sp³-hybridized carbons (Fsp3) is 0.571. The lowest BCUT2D eigenvalue weighted by molar-refractivity contribution is 0.254. The van der Waals surface area contributed by atoms with Crippen molar-refractivity contribution in [3.8, 4) is 0 Å². The van der Waals surface area contributed by atoms with Crippen molar-refractivity contribution < 1.29 is 12.8 Å². The van der Waals surface area contributed by atoms with Crippen LogP contribution < -0.4 is 5.32 Å². The van der Waals surface area contributed by atoms with Crippen molar-refractivity contribution in [1.82, 2.24) is 4.90 Å². The Bertz CT molecular complexity index is 618. The molecule has 2 saturated heterocycles. The highest BCUT2D eigenvalue weighted by Gasteiger charge is 2.34. The first-order chi connectivity index (χ1) is 9.43. The molecular weight excluding hydrogens is 279 g/mol. The second-order valence-corrected chi connectivity index (χ2v) is 7.82. The van der Waals surface area contributed by atoms with E-state index in [0.29, 0.717) is 11.6 Å². The number of sulfone groups is 1. The molecule has 1 aromatic rings. The Morgan fingerprint density at radius 3 is 2.80 bits per heavy atom. The number of nitrogens with zero attached hydrogens (tertiary/aromatic N) is 1. The number of rotatable bonds is 3. The number of nitrogens with one attached hydrogen (secondary N) is 1. The molecule has 2 heterocycles. The van der Waals surface area contributed by atoms with Gasteiger partial charge in [0.1, 0.15) is 5.82 Å². The number of piperidine rings is 1. The van der Waals surface area contributed by atoms with Crippen molar-refractivity contribution in [1.29, 1.82) is 0 Å². The molecule has 6 heteroatoms. The van der Waals surface area contributed by atoms with E-state index in [4.69, 9.17) is 0 Å². The van der Waals surface area contributed by atoms with Gasteiger partial charge in [-0.3, -0.25) is 0 Å². The van der Waals surface area contributed by atoms with Gasteiger partial charge in [-0.15, -0.1) is 0 Å². The number of hydrogen-bond donors (Lipinski definition) is 1. The second kappa shape index (κ2) is 5.00. The van der Waals surface area contributed by atoms with Crippen LogP contribution in [0.4, 0.5) is 10.1 Å². The number of hydrogen-bond acceptors (Lipinski definition) is 4. The molecule has 3 rings (SSSR count). The third-order valence-corrected chi connectivity index (χ3v) is 5.45. The van der Waals surface area contributed by atoms with Crippen LogP contribution in [0.15, 0.2) is 23.1 Å². The molecule has 2 aliphatic rings. The molecule has 0 spiro atoms. The van der Waals surface area contributed by atoms with Gasteiger partial charge in [-0.25, -0.2) is 12.8 Å². The SMILES string of the molecule is CS(=O)(=O)c1ccc(F)c(NC2CCN3CCC2C3)c1. The van der Waals surface area contributed by atoms with Gasteiger partial charge in [0.25, 0.3) is 0 Å².